The smallest absolute Gasteiger partial charge is 0.410 e. The normalized spacial score (nSPS) is 15.6. The van der Waals surface area contributed by atoms with Gasteiger partial charge in [0.05, 0.1) is 16.3 Å². The number of para-hydroxylation sites is 2. The molecule has 30 heavy (non-hydrogen) atoms. The average molecular weight is 430 g/mol. The molecule has 6 nitrogen and oxygen atoms in total. The molecule has 1 atom stereocenters. The van der Waals surface area contributed by atoms with E-state index in [9.17, 15) is 9.00 Å². The molecule has 0 spiro atoms. The molecule has 0 radical (unpaired) electrons. The molecular weight excluding hydrogens is 398 g/mol. The first-order valence-corrected chi connectivity index (χ1v) is 11.4. The van der Waals surface area contributed by atoms with Gasteiger partial charge in [-0.15, -0.1) is 0 Å². The van der Waals surface area contributed by atoms with Gasteiger partial charge in [-0.1, -0.05) is 18.2 Å². The lowest BCUT2D eigenvalue weighted by Gasteiger charge is -2.37. The maximum absolute atomic E-state index is 12.9. The Morgan fingerprint density at radius 1 is 1.00 bits per heavy atom. The van der Waals surface area contributed by atoms with Gasteiger partial charge in [0.1, 0.15) is 16.6 Å². The summed E-state index contributed by atoms with van der Waals surface area (Å²) >= 11 is 0. The van der Waals surface area contributed by atoms with Crippen molar-refractivity contribution in [3.63, 3.8) is 0 Å². The highest BCUT2D eigenvalue weighted by atomic mass is 32.2. The molecular formula is C23H31N3O3S. The topological polar surface area (TPSA) is 61.9 Å². The summed E-state index contributed by atoms with van der Waals surface area (Å²) in [4.78, 5) is 17.0. The van der Waals surface area contributed by atoms with E-state index in [2.05, 4.69) is 9.62 Å². The summed E-state index contributed by atoms with van der Waals surface area (Å²) in [5, 5.41) is 0. The Morgan fingerprint density at radius 2 is 1.67 bits per heavy atom. The van der Waals surface area contributed by atoms with Crippen LogP contribution in [0.25, 0.3) is 0 Å². The van der Waals surface area contributed by atoms with Crippen LogP contribution >= 0.6 is 0 Å². The lowest BCUT2D eigenvalue weighted by molar-refractivity contribution is 0.0240. The molecule has 1 unspecified atom stereocenters. The number of amides is 1. The van der Waals surface area contributed by atoms with Gasteiger partial charge in [-0.05, 0) is 70.0 Å². The van der Waals surface area contributed by atoms with Crippen LogP contribution in [-0.2, 0) is 15.7 Å². The number of nitrogens with one attached hydrogen (secondary N) is 1. The third kappa shape index (κ3) is 5.53. The van der Waals surface area contributed by atoms with Gasteiger partial charge in [0.2, 0.25) is 0 Å². The lowest BCUT2D eigenvalue weighted by Crippen LogP contribution is -2.50. The molecule has 0 saturated carbocycles. The van der Waals surface area contributed by atoms with Crippen molar-refractivity contribution >= 4 is 28.5 Å². The largest absolute Gasteiger partial charge is 0.444 e. The molecule has 1 N–H and O–H groups in total. The molecule has 0 bridgehead atoms. The molecule has 2 aromatic rings. The SMILES string of the molecule is Cc1ccc(S(=O)Nc2ccccc2N2CCN(C(=O)OC(C)(C)C)CC2)cc1C. The van der Waals surface area contributed by atoms with Crippen LogP contribution in [0.5, 0.6) is 0 Å². The van der Waals surface area contributed by atoms with Crippen molar-refractivity contribution in [2.24, 2.45) is 0 Å². The highest BCUT2D eigenvalue weighted by molar-refractivity contribution is 7.86. The Labute approximate surface area is 181 Å². The van der Waals surface area contributed by atoms with E-state index in [1.54, 1.807) is 4.90 Å². The molecule has 3 rings (SSSR count). The number of hydrogen-bond donors (Lipinski definition) is 1. The minimum absolute atomic E-state index is 0.274. The summed E-state index contributed by atoms with van der Waals surface area (Å²) in [6.07, 6.45) is -0.274. The fourth-order valence-corrected chi connectivity index (χ4v) is 4.25. The van der Waals surface area contributed by atoms with Gasteiger partial charge in [-0.2, -0.15) is 0 Å². The number of carbonyl (C=O) groups excluding carboxylic acids is 1. The number of piperazine rings is 1. The van der Waals surface area contributed by atoms with Gasteiger partial charge >= 0.3 is 6.09 Å². The molecule has 162 valence electrons. The van der Waals surface area contributed by atoms with Crippen molar-refractivity contribution in [2.45, 2.75) is 45.1 Å². The first kappa shape index (κ1) is 22.2. The number of nitrogens with zero attached hydrogens (tertiary/aromatic N) is 2. The highest BCUT2D eigenvalue weighted by Gasteiger charge is 2.26. The Kier molecular flexibility index (Phi) is 6.71. The first-order chi connectivity index (χ1) is 14.1. The molecule has 1 fully saturated rings. The monoisotopic (exact) mass is 429 g/mol. The fourth-order valence-electron chi connectivity index (χ4n) is 3.28. The van der Waals surface area contributed by atoms with Gasteiger partial charge in [0.25, 0.3) is 0 Å². The van der Waals surface area contributed by atoms with Crippen LogP contribution in [0.1, 0.15) is 31.9 Å². The van der Waals surface area contributed by atoms with Crippen LogP contribution in [0, 0.1) is 13.8 Å². The van der Waals surface area contributed by atoms with Crippen LogP contribution in [0.3, 0.4) is 0 Å². The molecule has 0 aromatic heterocycles. The molecule has 7 heteroatoms. The summed E-state index contributed by atoms with van der Waals surface area (Å²) in [5.74, 6) is 0. The van der Waals surface area contributed by atoms with Crippen molar-refractivity contribution in [1.82, 2.24) is 4.90 Å². The maximum Gasteiger partial charge on any atom is 0.410 e. The van der Waals surface area contributed by atoms with Crippen LogP contribution < -0.4 is 9.62 Å². The van der Waals surface area contributed by atoms with E-state index in [1.165, 1.54) is 5.56 Å². The van der Waals surface area contributed by atoms with Gasteiger partial charge in [0, 0.05) is 26.2 Å². The van der Waals surface area contributed by atoms with E-state index in [4.69, 9.17) is 4.74 Å². The minimum atomic E-state index is -1.35. The second-order valence-corrected chi connectivity index (χ2v) is 9.80. The number of rotatable bonds is 4. The van der Waals surface area contributed by atoms with E-state index < -0.39 is 16.6 Å². The van der Waals surface area contributed by atoms with Crippen LogP contribution in [0.4, 0.5) is 16.2 Å². The Balaban J connectivity index is 1.68. The summed E-state index contributed by atoms with van der Waals surface area (Å²) in [7, 11) is -1.35. The molecule has 1 aliphatic heterocycles. The van der Waals surface area contributed by atoms with Crippen LogP contribution in [-0.4, -0.2) is 47.0 Å². The maximum atomic E-state index is 12.9. The predicted octanol–water partition coefficient (Wildman–Crippen LogP) is 4.50. The zero-order valence-electron chi connectivity index (χ0n) is 18.4. The summed E-state index contributed by atoms with van der Waals surface area (Å²) < 4.78 is 21.5. The standard InChI is InChI=1S/C23H31N3O3S/c1-17-10-11-19(16-18(17)2)30(28)24-20-8-6-7-9-21(20)25-12-14-26(15-13-25)22(27)29-23(3,4)5/h6-11,16,24H,12-15H2,1-5H3. The Bertz CT molecular complexity index is 932. The number of benzene rings is 2. The predicted molar refractivity (Wildman–Crippen MR) is 122 cm³/mol. The van der Waals surface area contributed by atoms with Crippen LogP contribution in [0.15, 0.2) is 47.4 Å². The van der Waals surface area contributed by atoms with E-state index >= 15 is 0 Å². The second-order valence-electron chi connectivity index (χ2n) is 8.59. The molecule has 2 aromatic carbocycles. The Hall–Kier alpha value is -2.54. The third-order valence-electron chi connectivity index (χ3n) is 5.07. The first-order valence-electron chi connectivity index (χ1n) is 10.2. The summed E-state index contributed by atoms with van der Waals surface area (Å²) in [5.41, 5.74) is 3.61. The van der Waals surface area contributed by atoms with Gasteiger partial charge in [0.15, 0.2) is 0 Å². The number of hydrogen-bond acceptors (Lipinski definition) is 4. The molecule has 0 aliphatic carbocycles. The number of carbonyl (C=O) groups is 1. The third-order valence-corrected chi connectivity index (χ3v) is 6.16. The highest BCUT2D eigenvalue weighted by Crippen LogP contribution is 2.28. The quantitative estimate of drug-likeness (QED) is 0.778. The van der Waals surface area contributed by atoms with Crippen molar-refractivity contribution in [3.8, 4) is 0 Å². The zero-order chi connectivity index (χ0) is 21.9. The fraction of sp³-hybridized carbons (Fsp3) is 0.435. The molecule has 1 amide bonds. The second kappa shape index (κ2) is 9.08. The van der Waals surface area contributed by atoms with Gasteiger partial charge < -0.3 is 14.5 Å². The number of anilines is 2. The van der Waals surface area contributed by atoms with E-state index in [1.807, 2.05) is 77.1 Å². The van der Waals surface area contributed by atoms with E-state index in [-0.39, 0.29) is 6.09 Å². The van der Waals surface area contributed by atoms with Crippen LogP contribution in [0.2, 0.25) is 0 Å². The van der Waals surface area contributed by atoms with E-state index in [0.717, 1.165) is 21.8 Å². The van der Waals surface area contributed by atoms with Crippen molar-refractivity contribution in [1.29, 1.82) is 0 Å². The van der Waals surface area contributed by atoms with Crippen molar-refractivity contribution < 1.29 is 13.7 Å². The number of ether oxygens (including phenoxy) is 1. The minimum Gasteiger partial charge on any atom is -0.444 e. The molecule has 1 aliphatic rings. The van der Waals surface area contributed by atoms with Crippen molar-refractivity contribution in [2.75, 3.05) is 35.8 Å². The van der Waals surface area contributed by atoms with Gasteiger partial charge in [-0.25, -0.2) is 9.00 Å². The summed E-state index contributed by atoms with van der Waals surface area (Å²) in [6.45, 7) is 12.2. The van der Waals surface area contributed by atoms with E-state index in [0.29, 0.717) is 26.2 Å². The molecule has 1 heterocycles. The average Bonchev–Trinajstić information content (AvgIpc) is 2.69. The molecule has 1 saturated heterocycles. The number of aryl methyl sites for hydroxylation is 2. The summed E-state index contributed by atoms with van der Waals surface area (Å²) in [6, 6.07) is 13.7. The Morgan fingerprint density at radius 3 is 2.30 bits per heavy atom. The zero-order valence-corrected chi connectivity index (χ0v) is 19.2. The lowest BCUT2D eigenvalue weighted by atomic mass is 10.1. The van der Waals surface area contributed by atoms with Gasteiger partial charge in [-0.3, -0.25) is 4.72 Å². The van der Waals surface area contributed by atoms with Crippen molar-refractivity contribution in [3.05, 3.63) is 53.6 Å².